The average Bonchev–Trinajstić information content (AvgIpc) is 3.21. The molecule has 0 saturated carbocycles. The fraction of sp³-hybridized carbons (Fsp3) is 0.500. The predicted molar refractivity (Wildman–Crippen MR) is 93.8 cm³/mol. The van der Waals surface area contributed by atoms with Crippen molar-refractivity contribution in [3.63, 3.8) is 0 Å². The van der Waals surface area contributed by atoms with Gasteiger partial charge in [0.15, 0.2) is 23.2 Å². The SMILES string of the molecule is C=CS(=O)(=O)NCc1nc(NC)c2ncn(C3OC(CO)C(O)C3O)c2n1. The molecule has 4 atom stereocenters. The Morgan fingerprint density at radius 3 is 2.70 bits per heavy atom. The molecule has 5 N–H and O–H groups in total. The second-order valence-corrected chi connectivity index (χ2v) is 7.54. The number of ether oxygens (including phenoxy) is 1. The molecule has 13 heteroatoms. The Bertz CT molecular complexity index is 947. The Morgan fingerprint density at radius 1 is 1.37 bits per heavy atom. The highest BCUT2D eigenvalue weighted by Crippen LogP contribution is 2.32. The van der Waals surface area contributed by atoms with Gasteiger partial charge in [0.1, 0.15) is 24.1 Å². The molecule has 27 heavy (non-hydrogen) atoms. The first-order chi connectivity index (χ1) is 12.8. The molecule has 1 fully saturated rings. The molecule has 148 valence electrons. The summed E-state index contributed by atoms with van der Waals surface area (Å²) < 4.78 is 32.3. The number of anilines is 1. The van der Waals surface area contributed by atoms with Crippen molar-refractivity contribution in [2.75, 3.05) is 19.0 Å². The van der Waals surface area contributed by atoms with Crippen LogP contribution in [0.25, 0.3) is 11.2 Å². The van der Waals surface area contributed by atoms with Gasteiger partial charge in [0.05, 0.1) is 19.5 Å². The van der Waals surface area contributed by atoms with Crippen molar-refractivity contribution in [1.29, 1.82) is 0 Å². The first-order valence-corrected chi connectivity index (χ1v) is 9.51. The maximum atomic E-state index is 11.5. The van der Waals surface area contributed by atoms with Gasteiger partial charge in [-0.15, -0.1) is 0 Å². The Labute approximate surface area is 154 Å². The Hall–Kier alpha value is -2.16. The topological polar surface area (TPSA) is 172 Å². The van der Waals surface area contributed by atoms with Gasteiger partial charge in [0.2, 0.25) is 10.0 Å². The third-order valence-corrected chi connectivity index (χ3v) is 5.13. The number of hydrogen-bond donors (Lipinski definition) is 5. The molecule has 12 nitrogen and oxygen atoms in total. The van der Waals surface area contributed by atoms with Gasteiger partial charge in [-0.05, 0) is 0 Å². The summed E-state index contributed by atoms with van der Waals surface area (Å²) in [6.07, 6.45) is -3.21. The zero-order valence-corrected chi connectivity index (χ0v) is 15.2. The average molecular weight is 400 g/mol. The number of imidazole rings is 1. The van der Waals surface area contributed by atoms with Crippen molar-refractivity contribution in [3.05, 3.63) is 24.1 Å². The Balaban J connectivity index is 2.00. The van der Waals surface area contributed by atoms with Crippen molar-refractivity contribution in [1.82, 2.24) is 24.2 Å². The number of nitrogens with one attached hydrogen (secondary N) is 2. The zero-order chi connectivity index (χ0) is 19.8. The van der Waals surface area contributed by atoms with Gasteiger partial charge in [-0.25, -0.2) is 28.1 Å². The van der Waals surface area contributed by atoms with Crippen LogP contribution in [-0.4, -0.2) is 75.2 Å². The maximum Gasteiger partial charge on any atom is 0.233 e. The first-order valence-electron chi connectivity index (χ1n) is 7.97. The summed E-state index contributed by atoms with van der Waals surface area (Å²) in [6.45, 7) is 2.55. The van der Waals surface area contributed by atoms with Crippen LogP contribution in [0.4, 0.5) is 5.82 Å². The van der Waals surface area contributed by atoms with Crippen LogP contribution in [0.5, 0.6) is 0 Å². The highest BCUT2D eigenvalue weighted by Gasteiger charge is 2.44. The van der Waals surface area contributed by atoms with Crippen molar-refractivity contribution in [2.24, 2.45) is 0 Å². The standard InChI is InChI=1S/C14H20N6O6S/c1-3-27(24,25)17-4-8-18-12(15-2)9-13(19-8)20(6-16-9)14-11(23)10(22)7(5-21)26-14/h3,6-7,10-11,14,17,21-23H,1,4-5H2,2H3,(H,15,18,19). The van der Waals surface area contributed by atoms with Gasteiger partial charge in [-0.3, -0.25) is 4.57 Å². The second kappa shape index (κ2) is 7.46. The van der Waals surface area contributed by atoms with Crippen molar-refractivity contribution in [3.8, 4) is 0 Å². The van der Waals surface area contributed by atoms with Crippen LogP contribution in [0, 0.1) is 0 Å². The summed E-state index contributed by atoms with van der Waals surface area (Å²) in [5, 5.41) is 33.1. The largest absolute Gasteiger partial charge is 0.394 e. The third-order valence-electron chi connectivity index (χ3n) is 4.15. The van der Waals surface area contributed by atoms with Gasteiger partial charge < -0.3 is 25.4 Å². The zero-order valence-electron chi connectivity index (χ0n) is 14.3. The molecule has 0 spiro atoms. The fourth-order valence-corrected chi connectivity index (χ4v) is 3.18. The number of sulfonamides is 1. The quantitative estimate of drug-likeness (QED) is 0.351. The minimum Gasteiger partial charge on any atom is -0.394 e. The molecule has 1 aliphatic heterocycles. The molecule has 3 rings (SSSR count). The molecule has 0 bridgehead atoms. The van der Waals surface area contributed by atoms with E-state index < -0.39 is 41.2 Å². The lowest BCUT2D eigenvalue weighted by molar-refractivity contribution is -0.0511. The number of aliphatic hydroxyl groups is 3. The number of hydrogen-bond acceptors (Lipinski definition) is 10. The minimum atomic E-state index is -3.66. The molecule has 2 aromatic heterocycles. The summed E-state index contributed by atoms with van der Waals surface area (Å²) in [4.78, 5) is 12.7. The van der Waals surface area contributed by atoms with Gasteiger partial charge in [0, 0.05) is 12.5 Å². The normalized spacial score (nSPS) is 25.8. The lowest BCUT2D eigenvalue weighted by atomic mass is 10.1. The number of aliphatic hydroxyl groups excluding tert-OH is 3. The molecule has 1 aliphatic rings. The van der Waals surface area contributed by atoms with Gasteiger partial charge in [0.25, 0.3) is 0 Å². The van der Waals surface area contributed by atoms with E-state index in [0.717, 1.165) is 5.41 Å². The highest BCUT2D eigenvalue weighted by atomic mass is 32.2. The number of fused-ring (bicyclic) bond motifs is 1. The van der Waals surface area contributed by atoms with Gasteiger partial charge in [-0.1, -0.05) is 6.58 Å². The number of rotatable bonds is 7. The van der Waals surface area contributed by atoms with E-state index >= 15 is 0 Å². The summed E-state index contributed by atoms with van der Waals surface area (Å²) >= 11 is 0. The first kappa shape index (κ1) is 19.6. The van der Waals surface area contributed by atoms with Crippen LogP contribution in [0.3, 0.4) is 0 Å². The summed E-state index contributed by atoms with van der Waals surface area (Å²) in [7, 11) is -2.05. The molecule has 0 aliphatic carbocycles. The molecule has 0 radical (unpaired) electrons. The summed E-state index contributed by atoms with van der Waals surface area (Å²) in [5.74, 6) is 0.490. The van der Waals surface area contributed by atoms with E-state index in [1.54, 1.807) is 7.05 Å². The van der Waals surface area contributed by atoms with Crippen LogP contribution < -0.4 is 10.0 Å². The van der Waals surface area contributed by atoms with E-state index in [1.807, 2.05) is 0 Å². The van der Waals surface area contributed by atoms with Crippen LogP contribution in [-0.2, 0) is 21.3 Å². The molecule has 1 saturated heterocycles. The van der Waals surface area contributed by atoms with Crippen molar-refractivity contribution >= 4 is 27.0 Å². The smallest absolute Gasteiger partial charge is 0.233 e. The highest BCUT2D eigenvalue weighted by molar-refractivity contribution is 7.92. The summed E-state index contributed by atoms with van der Waals surface area (Å²) in [6, 6.07) is 0. The third kappa shape index (κ3) is 3.65. The number of aromatic nitrogens is 4. The van der Waals surface area contributed by atoms with Crippen LogP contribution in [0.1, 0.15) is 12.1 Å². The number of nitrogens with zero attached hydrogens (tertiary/aromatic N) is 4. The Morgan fingerprint density at radius 2 is 2.11 bits per heavy atom. The lowest BCUT2D eigenvalue weighted by Gasteiger charge is -2.17. The van der Waals surface area contributed by atoms with Crippen molar-refractivity contribution < 1.29 is 28.5 Å². The molecule has 4 unspecified atom stereocenters. The maximum absolute atomic E-state index is 11.5. The molecular weight excluding hydrogens is 380 g/mol. The van der Waals surface area contributed by atoms with Crippen LogP contribution >= 0.6 is 0 Å². The summed E-state index contributed by atoms with van der Waals surface area (Å²) in [5.41, 5.74) is 0.627. The molecule has 0 aromatic carbocycles. The van der Waals surface area contributed by atoms with Gasteiger partial charge >= 0.3 is 0 Å². The van der Waals surface area contributed by atoms with E-state index in [4.69, 9.17) is 4.74 Å². The monoisotopic (exact) mass is 400 g/mol. The second-order valence-electron chi connectivity index (χ2n) is 5.82. The van der Waals surface area contributed by atoms with Crippen LogP contribution in [0.15, 0.2) is 18.3 Å². The van der Waals surface area contributed by atoms with E-state index in [1.165, 1.54) is 10.9 Å². The lowest BCUT2D eigenvalue weighted by Crippen LogP contribution is -2.33. The van der Waals surface area contributed by atoms with Crippen molar-refractivity contribution in [2.45, 2.75) is 31.1 Å². The van der Waals surface area contributed by atoms with E-state index in [-0.39, 0.29) is 18.0 Å². The predicted octanol–water partition coefficient (Wildman–Crippen LogP) is -1.96. The van der Waals surface area contributed by atoms with E-state index in [0.29, 0.717) is 11.3 Å². The fourth-order valence-electron chi connectivity index (χ4n) is 2.74. The minimum absolute atomic E-state index is 0.144. The molecular formula is C14H20N6O6S. The van der Waals surface area contributed by atoms with Crippen LogP contribution in [0.2, 0.25) is 0 Å². The molecule has 3 heterocycles. The van der Waals surface area contributed by atoms with E-state index in [9.17, 15) is 23.7 Å². The molecule has 0 amide bonds. The van der Waals surface area contributed by atoms with Gasteiger partial charge in [-0.2, -0.15) is 0 Å². The Kier molecular flexibility index (Phi) is 5.41. The molecule has 2 aromatic rings. The van der Waals surface area contributed by atoms with E-state index in [2.05, 4.69) is 31.6 Å².